The van der Waals surface area contributed by atoms with Gasteiger partial charge in [-0.2, -0.15) is 5.26 Å². The molecule has 108 valence electrons. The van der Waals surface area contributed by atoms with Crippen LogP contribution in [0.5, 0.6) is 0 Å². The molecule has 0 spiro atoms. The predicted molar refractivity (Wildman–Crippen MR) is 80.3 cm³/mol. The second kappa shape index (κ2) is 5.58. The first-order valence-corrected chi connectivity index (χ1v) is 6.56. The number of benzene rings is 2. The summed E-state index contributed by atoms with van der Waals surface area (Å²) in [6.45, 7) is -0.160. The maximum atomic E-state index is 12.1. The smallest absolute Gasteiger partial charge is 0.408 e. The number of hydrogen-bond acceptors (Lipinski definition) is 4. The molecule has 0 saturated carbocycles. The maximum absolute atomic E-state index is 12.1. The van der Waals surface area contributed by atoms with Gasteiger partial charge in [-0.15, -0.1) is 0 Å². The number of carbonyl (C=O) groups excluding carboxylic acids is 1. The molecule has 0 unspecified atom stereocenters. The molecule has 1 amide bonds. The highest BCUT2D eigenvalue weighted by atomic mass is 16.4. The minimum atomic E-state index is -0.581. The Morgan fingerprint density at radius 3 is 2.86 bits per heavy atom. The van der Waals surface area contributed by atoms with Crippen molar-refractivity contribution in [3.8, 4) is 6.07 Å². The Bertz CT molecular complexity index is 947. The van der Waals surface area contributed by atoms with Gasteiger partial charge in [-0.25, -0.2) is 4.79 Å². The topological polar surface area (TPSA) is 88.0 Å². The summed E-state index contributed by atoms with van der Waals surface area (Å²) in [6, 6.07) is 15.5. The van der Waals surface area contributed by atoms with E-state index >= 15 is 0 Å². The Labute approximate surface area is 125 Å². The normalized spacial score (nSPS) is 10.3. The zero-order valence-electron chi connectivity index (χ0n) is 11.4. The van der Waals surface area contributed by atoms with Gasteiger partial charge in [-0.1, -0.05) is 18.2 Å². The van der Waals surface area contributed by atoms with Gasteiger partial charge in [0.2, 0.25) is 5.91 Å². The number of nitrogens with one attached hydrogen (secondary N) is 1. The molecule has 6 nitrogen and oxygen atoms in total. The van der Waals surface area contributed by atoms with Gasteiger partial charge in [0.25, 0.3) is 0 Å². The standard InChI is InChI=1S/C16H11N3O3/c17-9-11-4-3-5-12(8-11)18-15(20)10-19-13-6-1-2-7-14(13)22-16(19)21/h1-8H,10H2,(H,18,20). The third-order valence-electron chi connectivity index (χ3n) is 3.15. The first-order chi connectivity index (χ1) is 10.7. The van der Waals surface area contributed by atoms with Crippen LogP contribution in [0.1, 0.15) is 5.56 Å². The molecular weight excluding hydrogens is 282 g/mol. The molecule has 0 aliphatic rings. The summed E-state index contributed by atoms with van der Waals surface area (Å²) in [7, 11) is 0. The van der Waals surface area contributed by atoms with E-state index in [0.29, 0.717) is 22.4 Å². The van der Waals surface area contributed by atoms with Gasteiger partial charge in [0.1, 0.15) is 6.54 Å². The Balaban J connectivity index is 1.83. The minimum absolute atomic E-state index is 0.160. The van der Waals surface area contributed by atoms with Crippen LogP contribution in [0, 0.1) is 11.3 Å². The van der Waals surface area contributed by atoms with Crippen LogP contribution in [-0.4, -0.2) is 10.5 Å². The number of nitriles is 1. The van der Waals surface area contributed by atoms with E-state index < -0.39 is 5.76 Å². The minimum Gasteiger partial charge on any atom is -0.408 e. The number of oxazole rings is 1. The lowest BCUT2D eigenvalue weighted by molar-refractivity contribution is -0.116. The van der Waals surface area contributed by atoms with Crippen LogP contribution in [0.4, 0.5) is 5.69 Å². The molecule has 0 fully saturated rings. The number of fused-ring (bicyclic) bond motifs is 1. The van der Waals surface area contributed by atoms with E-state index in [1.807, 2.05) is 6.07 Å². The largest absolute Gasteiger partial charge is 0.420 e. The number of rotatable bonds is 3. The molecular formula is C16H11N3O3. The third-order valence-corrected chi connectivity index (χ3v) is 3.15. The molecule has 3 rings (SSSR count). The van der Waals surface area contributed by atoms with E-state index in [2.05, 4.69) is 5.32 Å². The summed E-state index contributed by atoms with van der Waals surface area (Å²) in [4.78, 5) is 23.9. The van der Waals surface area contributed by atoms with E-state index in [4.69, 9.17) is 9.68 Å². The second-order valence-electron chi connectivity index (χ2n) is 4.66. The van der Waals surface area contributed by atoms with Crippen LogP contribution in [-0.2, 0) is 11.3 Å². The number of carbonyl (C=O) groups is 1. The van der Waals surface area contributed by atoms with Gasteiger partial charge in [-0.05, 0) is 30.3 Å². The lowest BCUT2D eigenvalue weighted by Gasteiger charge is -2.05. The predicted octanol–water partition coefficient (Wildman–Crippen LogP) is 2.10. The van der Waals surface area contributed by atoms with E-state index in [1.165, 1.54) is 4.57 Å². The number of aromatic nitrogens is 1. The molecule has 0 aliphatic heterocycles. The molecule has 22 heavy (non-hydrogen) atoms. The van der Waals surface area contributed by atoms with Crippen LogP contribution in [0.3, 0.4) is 0 Å². The lowest BCUT2D eigenvalue weighted by atomic mass is 10.2. The van der Waals surface area contributed by atoms with Crippen molar-refractivity contribution in [2.45, 2.75) is 6.54 Å². The molecule has 0 aliphatic carbocycles. The fourth-order valence-corrected chi connectivity index (χ4v) is 2.17. The third kappa shape index (κ3) is 2.60. The lowest BCUT2D eigenvalue weighted by Crippen LogP contribution is -2.24. The SMILES string of the molecule is N#Cc1cccc(NC(=O)Cn2c(=O)oc3ccccc32)c1. The van der Waals surface area contributed by atoms with E-state index in [-0.39, 0.29) is 12.5 Å². The highest BCUT2D eigenvalue weighted by Crippen LogP contribution is 2.13. The zero-order valence-corrected chi connectivity index (χ0v) is 11.4. The summed E-state index contributed by atoms with van der Waals surface area (Å²) in [6.07, 6.45) is 0. The molecule has 0 atom stereocenters. The Morgan fingerprint density at radius 2 is 2.05 bits per heavy atom. The van der Waals surface area contributed by atoms with Crippen molar-refractivity contribution < 1.29 is 9.21 Å². The van der Waals surface area contributed by atoms with Crippen molar-refractivity contribution in [3.05, 3.63) is 64.6 Å². The molecule has 1 heterocycles. The molecule has 6 heteroatoms. The Hall–Kier alpha value is -3.33. The molecule has 0 bridgehead atoms. The number of hydrogen-bond donors (Lipinski definition) is 1. The summed E-state index contributed by atoms with van der Waals surface area (Å²) in [5.74, 6) is -0.953. The summed E-state index contributed by atoms with van der Waals surface area (Å²) < 4.78 is 6.33. The van der Waals surface area contributed by atoms with E-state index in [9.17, 15) is 9.59 Å². The number of nitrogens with zero attached hydrogens (tertiary/aromatic N) is 2. The molecule has 0 radical (unpaired) electrons. The average molecular weight is 293 g/mol. The fraction of sp³-hybridized carbons (Fsp3) is 0.0625. The van der Waals surface area contributed by atoms with Crippen molar-refractivity contribution in [1.29, 1.82) is 5.26 Å². The van der Waals surface area contributed by atoms with Gasteiger partial charge in [0.15, 0.2) is 5.58 Å². The Kier molecular flexibility index (Phi) is 3.46. The highest BCUT2D eigenvalue weighted by molar-refractivity contribution is 5.91. The summed E-state index contributed by atoms with van der Waals surface area (Å²) in [5, 5.41) is 11.5. The second-order valence-corrected chi connectivity index (χ2v) is 4.66. The Morgan fingerprint density at radius 1 is 1.23 bits per heavy atom. The van der Waals surface area contributed by atoms with Gasteiger partial charge in [0.05, 0.1) is 17.1 Å². The molecule has 3 aromatic rings. The van der Waals surface area contributed by atoms with Crippen LogP contribution in [0.25, 0.3) is 11.1 Å². The molecule has 1 aromatic heterocycles. The molecule has 2 aromatic carbocycles. The average Bonchev–Trinajstić information content (AvgIpc) is 2.83. The van der Waals surface area contributed by atoms with Crippen molar-refractivity contribution in [3.63, 3.8) is 0 Å². The van der Waals surface area contributed by atoms with Gasteiger partial charge < -0.3 is 9.73 Å². The number of amides is 1. The van der Waals surface area contributed by atoms with Crippen LogP contribution < -0.4 is 11.1 Å². The number of para-hydroxylation sites is 2. The zero-order chi connectivity index (χ0) is 15.5. The quantitative estimate of drug-likeness (QED) is 0.801. The van der Waals surface area contributed by atoms with Crippen molar-refractivity contribution >= 4 is 22.7 Å². The maximum Gasteiger partial charge on any atom is 0.420 e. The summed E-state index contributed by atoms with van der Waals surface area (Å²) in [5.41, 5.74) is 1.95. The first kappa shape index (κ1) is 13.6. The van der Waals surface area contributed by atoms with Gasteiger partial charge in [0, 0.05) is 5.69 Å². The number of anilines is 1. The van der Waals surface area contributed by atoms with Crippen molar-refractivity contribution in [2.24, 2.45) is 0 Å². The molecule has 0 saturated heterocycles. The monoisotopic (exact) mass is 293 g/mol. The van der Waals surface area contributed by atoms with E-state index in [1.54, 1.807) is 48.5 Å². The van der Waals surface area contributed by atoms with Gasteiger partial charge in [-0.3, -0.25) is 9.36 Å². The first-order valence-electron chi connectivity index (χ1n) is 6.56. The molecule has 1 N–H and O–H groups in total. The van der Waals surface area contributed by atoms with Crippen LogP contribution in [0.15, 0.2) is 57.7 Å². The highest BCUT2D eigenvalue weighted by Gasteiger charge is 2.12. The van der Waals surface area contributed by atoms with Crippen molar-refractivity contribution in [1.82, 2.24) is 4.57 Å². The van der Waals surface area contributed by atoms with Crippen molar-refractivity contribution in [2.75, 3.05) is 5.32 Å². The van der Waals surface area contributed by atoms with Gasteiger partial charge >= 0.3 is 5.76 Å². The summed E-state index contributed by atoms with van der Waals surface area (Å²) >= 11 is 0. The van der Waals surface area contributed by atoms with Crippen LogP contribution in [0.2, 0.25) is 0 Å². The fourth-order valence-electron chi connectivity index (χ4n) is 2.17. The van der Waals surface area contributed by atoms with Crippen LogP contribution >= 0.6 is 0 Å². The van der Waals surface area contributed by atoms with E-state index in [0.717, 1.165) is 0 Å².